The van der Waals surface area contributed by atoms with E-state index in [9.17, 15) is 13.2 Å². The van der Waals surface area contributed by atoms with Gasteiger partial charge in [0.2, 0.25) is 10.0 Å². The van der Waals surface area contributed by atoms with E-state index in [4.69, 9.17) is 14.6 Å². The van der Waals surface area contributed by atoms with Gasteiger partial charge in [0, 0.05) is 11.3 Å². The third-order valence-corrected chi connectivity index (χ3v) is 5.02. The Labute approximate surface area is 169 Å². The van der Waals surface area contributed by atoms with E-state index in [-0.39, 0.29) is 16.3 Å². The number of benzene rings is 3. The second-order valence-electron chi connectivity index (χ2n) is 6.16. The topological polar surface area (TPSA) is 108 Å². The van der Waals surface area contributed by atoms with Crippen molar-refractivity contribution in [1.29, 1.82) is 0 Å². The van der Waals surface area contributed by atoms with Crippen LogP contribution in [-0.4, -0.2) is 21.4 Å². The summed E-state index contributed by atoms with van der Waals surface area (Å²) in [5.41, 5.74) is 1.72. The molecule has 3 N–H and O–H groups in total. The molecular weight excluding hydrogens is 392 g/mol. The fourth-order valence-corrected chi connectivity index (χ4v) is 3.35. The number of methoxy groups -OCH3 is 1. The van der Waals surface area contributed by atoms with Crippen LogP contribution in [0.5, 0.6) is 11.5 Å². The Kier molecular flexibility index (Phi) is 6.16. The van der Waals surface area contributed by atoms with Crippen LogP contribution in [0, 0.1) is 0 Å². The zero-order valence-corrected chi connectivity index (χ0v) is 16.5. The molecule has 0 aliphatic carbocycles. The van der Waals surface area contributed by atoms with Crippen molar-refractivity contribution >= 4 is 21.6 Å². The predicted molar refractivity (Wildman–Crippen MR) is 110 cm³/mol. The summed E-state index contributed by atoms with van der Waals surface area (Å²) >= 11 is 0. The van der Waals surface area contributed by atoms with E-state index in [1.807, 2.05) is 30.3 Å². The summed E-state index contributed by atoms with van der Waals surface area (Å²) in [5, 5.41) is 7.84. The van der Waals surface area contributed by atoms with E-state index < -0.39 is 15.9 Å². The average Bonchev–Trinajstić information content (AvgIpc) is 2.72. The SMILES string of the molecule is COc1ccc(NC(=O)c2ccc(OCc3ccccc3)cc2)cc1S(N)(=O)=O. The predicted octanol–water partition coefficient (Wildman–Crippen LogP) is 3.17. The molecule has 0 saturated heterocycles. The van der Waals surface area contributed by atoms with E-state index in [0.29, 0.717) is 17.9 Å². The highest BCUT2D eigenvalue weighted by Gasteiger charge is 2.16. The number of carbonyl (C=O) groups excluding carboxylic acids is 1. The monoisotopic (exact) mass is 412 g/mol. The van der Waals surface area contributed by atoms with Crippen LogP contribution in [0.1, 0.15) is 15.9 Å². The number of rotatable bonds is 7. The fraction of sp³-hybridized carbons (Fsp3) is 0.0952. The standard InChI is InChI=1S/C21H20N2O5S/c1-27-19-12-9-17(13-20(19)29(22,25)26)23-21(24)16-7-10-18(11-8-16)28-14-15-5-3-2-4-6-15/h2-13H,14H2,1H3,(H,23,24)(H2,22,25,26). The highest BCUT2D eigenvalue weighted by atomic mass is 32.2. The summed E-state index contributed by atoms with van der Waals surface area (Å²) in [6.07, 6.45) is 0. The Morgan fingerprint density at radius 3 is 2.31 bits per heavy atom. The average molecular weight is 412 g/mol. The lowest BCUT2D eigenvalue weighted by atomic mass is 10.2. The Balaban J connectivity index is 1.68. The zero-order valence-electron chi connectivity index (χ0n) is 15.7. The summed E-state index contributed by atoms with van der Waals surface area (Å²) < 4.78 is 34.1. The molecule has 0 spiro atoms. The van der Waals surface area contributed by atoms with Crippen LogP contribution in [0.15, 0.2) is 77.7 Å². The Morgan fingerprint density at radius 1 is 1.00 bits per heavy atom. The summed E-state index contributed by atoms with van der Waals surface area (Å²) in [5.74, 6) is 0.335. The van der Waals surface area contributed by atoms with Crippen molar-refractivity contribution in [2.75, 3.05) is 12.4 Å². The second-order valence-corrected chi connectivity index (χ2v) is 7.69. The van der Waals surface area contributed by atoms with E-state index in [2.05, 4.69) is 5.32 Å². The number of sulfonamides is 1. The highest BCUT2D eigenvalue weighted by Crippen LogP contribution is 2.26. The molecule has 0 radical (unpaired) electrons. The first-order valence-corrected chi connectivity index (χ1v) is 10.2. The van der Waals surface area contributed by atoms with Gasteiger partial charge in [-0.2, -0.15) is 0 Å². The van der Waals surface area contributed by atoms with Crippen LogP contribution in [0.2, 0.25) is 0 Å². The van der Waals surface area contributed by atoms with E-state index >= 15 is 0 Å². The van der Waals surface area contributed by atoms with Crippen LogP contribution in [0.4, 0.5) is 5.69 Å². The van der Waals surface area contributed by atoms with Crippen molar-refractivity contribution in [3.63, 3.8) is 0 Å². The maximum Gasteiger partial charge on any atom is 0.255 e. The minimum absolute atomic E-state index is 0.102. The van der Waals surface area contributed by atoms with Gasteiger partial charge in [0.05, 0.1) is 7.11 Å². The molecule has 0 heterocycles. The van der Waals surface area contributed by atoms with Gasteiger partial charge in [-0.25, -0.2) is 13.6 Å². The number of nitrogens with one attached hydrogen (secondary N) is 1. The number of anilines is 1. The molecule has 3 aromatic carbocycles. The molecule has 0 bridgehead atoms. The minimum atomic E-state index is -4.00. The molecule has 150 valence electrons. The molecule has 0 aliphatic heterocycles. The third kappa shape index (κ3) is 5.34. The maximum absolute atomic E-state index is 12.5. The summed E-state index contributed by atoms with van der Waals surface area (Å²) in [6, 6.07) is 20.6. The second kappa shape index (κ2) is 8.76. The number of hydrogen-bond acceptors (Lipinski definition) is 5. The first-order valence-electron chi connectivity index (χ1n) is 8.66. The van der Waals surface area contributed by atoms with Gasteiger partial charge in [0.15, 0.2) is 0 Å². The lowest BCUT2D eigenvalue weighted by Gasteiger charge is -2.11. The highest BCUT2D eigenvalue weighted by molar-refractivity contribution is 7.89. The van der Waals surface area contributed by atoms with Crippen LogP contribution in [-0.2, 0) is 16.6 Å². The van der Waals surface area contributed by atoms with Gasteiger partial charge in [-0.05, 0) is 48.0 Å². The number of nitrogens with two attached hydrogens (primary N) is 1. The van der Waals surface area contributed by atoms with Crippen LogP contribution < -0.4 is 19.9 Å². The van der Waals surface area contributed by atoms with Crippen molar-refractivity contribution in [1.82, 2.24) is 0 Å². The number of amides is 1. The lowest BCUT2D eigenvalue weighted by molar-refractivity contribution is 0.102. The Morgan fingerprint density at radius 2 is 1.69 bits per heavy atom. The molecule has 0 saturated carbocycles. The van der Waals surface area contributed by atoms with Gasteiger partial charge in [-0.1, -0.05) is 30.3 Å². The Hall–Kier alpha value is -3.36. The number of ether oxygens (including phenoxy) is 2. The van der Waals surface area contributed by atoms with Crippen molar-refractivity contribution < 1.29 is 22.7 Å². The first kappa shape index (κ1) is 20.4. The van der Waals surface area contributed by atoms with Crippen molar-refractivity contribution in [2.45, 2.75) is 11.5 Å². The van der Waals surface area contributed by atoms with Crippen LogP contribution >= 0.6 is 0 Å². The first-order chi connectivity index (χ1) is 13.9. The van der Waals surface area contributed by atoms with E-state index in [1.165, 1.54) is 25.3 Å². The van der Waals surface area contributed by atoms with Gasteiger partial charge in [-0.15, -0.1) is 0 Å². The lowest BCUT2D eigenvalue weighted by Crippen LogP contribution is -2.16. The maximum atomic E-state index is 12.5. The molecule has 8 heteroatoms. The normalized spacial score (nSPS) is 11.0. The Bertz CT molecular complexity index is 1100. The molecule has 0 unspecified atom stereocenters. The molecule has 29 heavy (non-hydrogen) atoms. The van der Waals surface area contributed by atoms with E-state index in [0.717, 1.165) is 5.56 Å². The molecule has 3 rings (SSSR count). The van der Waals surface area contributed by atoms with Gasteiger partial charge >= 0.3 is 0 Å². The van der Waals surface area contributed by atoms with Gasteiger partial charge in [0.1, 0.15) is 23.0 Å². The van der Waals surface area contributed by atoms with Crippen LogP contribution in [0.25, 0.3) is 0 Å². The van der Waals surface area contributed by atoms with Gasteiger partial charge in [0.25, 0.3) is 5.91 Å². The van der Waals surface area contributed by atoms with Crippen molar-refractivity contribution in [2.24, 2.45) is 5.14 Å². The zero-order chi connectivity index (χ0) is 20.9. The fourth-order valence-electron chi connectivity index (χ4n) is 2.62. The molecule has 0 aromatic heterocycles. The smallest absolute Gasteiger partial charge is 0.255 e. The van der Waals surface area contributed by atoms with E-state index in [1.54, 1.807) is 24.3 Å². The van der Waals surface area contributed by atoms with Crippen LogP contribution in [0.3, 0.4) is 0 Å². The van der Waals surface area contributed by atoms with Crippen molar-refractivity contribution in [3.8, 4) is 11.5 Å². The molecule has 3 aromatic rings. The van der Waals surface area contributed by atoms with Crippen molar-refractivity contribution in [3.05, 3.63) is 83.9 Å². The van der Waals surface area contributed by atoms with Gasteiger partial charge < -0.3 is 14.8 Å². The molecule has 1 amide bonds. The number of hydrogen-bond donors (Lipinski definition) is 2. The molecule has 0 fully saturated rings. The minimum Gasteiger partial charge on any atom is -0.495 e. The number of carbonyl (C=O) groups is 1. The number of primary sulfonamides is 1. The summed E-state index contributed by atoms with van der Waals surface area (Å²) in [6.45, 7) is 0.425. The molecule has 0 atom stereocenters. The summed E-state index contributed by atoms with van der Waals surface area (Å²) in [4.78, 5) is 12.3. The quantitative estimate of drug-likeness (QED) is 0.620. The molecule has 0 aliphatic rings. The summed E-state index contributed by atoms with van der Waals surface area (Å²) in [7, 11) is -2.66. The largest absolute Gasteiger partial charge is 0.495 e. The third-order valence-electron chi connectivity index (χ3n) is 4.09. The van der Waals surface area contributed by atoms with Gasteiger partial charge in [-0.3, -0.25) is 4.79 Å². The molecular formula is C21H20N2O5S. The molecule has 7 nitrogen and oxygen atoms in total.